The number of hydrogen-bond acceptors (Lipinski definition) is 4. The molecule has 4 N–H and O–H groups in total. The Morgan fingerprint density at radius 2 is 0.600 bits per heavy atom. The first-order valence-electron chi connectivity index (χ1n) is 5.06. The number of halogens is 2. The molecule has 0 amide bonds. The summed E-state index contributed by atoms with van der Waals surface area (Å²) < 4.78 is 0. The van der Waals surface area contributed by atoms with Gasteiger partial charge in [0.05, 0.1) is 0 Å². The van der Waals surface area contributed by atoms with E-state index in [1.807, 2.05) is 0 Å². The van der Waals surface area contributed by atoms with Crippen molar-refractivity contribution in [3.8, 4) is 0 Å². The van der Waals surface area contributed by atoms with E-state index in [1.165, 1.54) is 52.4 Å². The van der Waals surface area contributed by atoms with Gasteiger partial charge in [0.25, 0.3) is 0 Å². The minimum atomic E-state index is 0.757. The van der Waals surface area contributed by atoms with Crippen LogP contribution in [0.15, 0.2) is 0 Å². The number of hydrogen-bond donors (Lipinski definition) is 4. The summed E-state index contributed by atoms with van der Waals surface area (Å²) in [5.41, 5.74) is 0. The second-order valence-electron chi connectivity index (χ2n) is 3.04. The molecule has 0 aromatic rings. The van der Waals surface area contributed by atoms with Gasteiger partial charge in [-0.2, -0.15) is 0 Å². The van der Waals surface area contributed by atoms with E-state index in [1.54, 1.807) is 0 Å². The van der Waals surface area contributed by atoms with Crippen molar-refractivity contribution in [1.29, 1.82) is 0 Å². The maximum atomic E-state index is 4.67. The van der Waals surface area contributed by atoms with Crippen LogP contribution >= 0.6 is 20.2 Å². The van der Waals surface area contributed by atoms with Crippen LogP contribution in [0.2, 0.25) is 0 Å². The molecule has 4 fully saturated rings. The van der Waals surface area contributed by atoms with Gasteiger partial charge in [0, 0.05) is 52.4 Å². The topological polar surface area (TPSA) is 87.8 Å². The van der Waals surface area contributed by atoms with Crippen LogP contribution in [-0.2, 0) is 13.1 Å². The maximum absolute atomic E-state index is 4.67. The average molecular weight is 307 g/mol. The average Bonchev–Trinajstić information content (AvgIpc) is 3.17. The van der Waals surface area contributed by atoms with Crippen LogP contribution in [0.25, 0.3) is 0 Å². The summed E-state index contributed by atoms with van der Waals surface area (Å²) in [4.78, 5) is 0. The van der Waals surface area contributed by atoms with Gasteiger partial charge in [-0.15, -0.1) is 0 Å². The van der Waals surface area contributed by atoms with Crippen LogP contribution in [0, 0.1) is 0 Å². The fraction of sp³-hybridized carbons (Fsp3) is 1.00. The first-order chi connectivity index (χ1) is 7.41. The second-order valence-corrected chi connectivity index (χ2v) is 4.60. The zero-order valence-corrected chi connectivity index (χ0v) is 11.2. The van der Waals surface area contributed by atoms with Crippen molar-refractivity contribution in [2.45, 2.75) is 0 Å². The summed E-state index contributed by atoms with van der Waals surface area (Å²) in [5.74, 6) is 0. The van der Waals surface area contributed by atoms with E-state index in [0.717, 1.165) is 13.1 Å². The molecule has 4 aliphatic rings. The van der Waals surface area contributed by atoms with Crippen LogP contribution in [0.1, 0.15) is 0 Å². The zero-order chi connectivity index (χ0) is 11.2. The van der Waals surface area contributed by atoms with E-state index in [0.29, 0.717) is 0 Å². The van der Waals surface area contributed by atoms with Gasteiger partial charge in [0.2, 0.25) is 0 Å². The third kappa shape index (κ3) is 103. The van der Waals surface area contributed by atoms with Crippen LogP contribution in [0.3, 0.4) is 0 Å². The molecule has 4 rings (SSSR count). The fourth-order valence-corrected chi connectivity index (χ4v) is 0. The van der Waals surface area contributed by atoms with Crippen LogP contribution < -0.4 is 21.3 Å². The molecular formula is C8H20Cl2CuN4. The van der Waals surface area contributed by atoms with Crippen LogP contribution in [0.4, 0.5) is 0 Å². The molecule has 0 saturated carbocycles. The van der Waals surface area contributed by atoms with Crippen LogP contribution in [-0.4, -0.2) is 52.4 Å². The molecule has 4 heterocycles. The van der Waals surface area contributed by atoms with Gasteiger partial charge in [0.15, 0.2) is 0 Å². The molecule has 0 unspecified atom stereocenters. The van der Waals surface area contributed by atoms with E-state index < -0.39 is 0 Å². The van der Waals surface area contributed by atoms with Crippen molar-refractivity contribution in [3.63, 3.8) is 0 Å². The van der Waals surface area contributed by atoms with E-state index in [4.69, 9.17) is 0 Å². The normalized spacial score (nSPS) is 20.7. The van der Waals surface area contributed by atoms with Crippen molar-refractivity contribution >= 4 is 20.2 Å². The van der Waals surface area contributed by atoms with Crippen molar-refractivity contribution in [2.24, 2.45) is 0 Å². The molecule has 0 aliphatic carbocycles. The minimum absolute atomic E-state index is 0.757. The predicted octanol–water partition coefficient (Wildman–Crippen LogP) is -0.265. The van der Waals surface area contributed by atoms with Crippen molar-refractivity contribution in [1.82, 2.24) is 21.3 Å². The van der Waals surface area contributed by atoms with Crippen molar-refractivity contribution < 1.29 is 13.1 Å². The Balaban J connectivity index is 0.000000163. The van der Waals surface area contributed by atoms with Gasteiger partial charge in [-0.1, -0.05) is 0 Å². The van der Waals surface area contributed by atoms with Crippen LogP contribution in [0.5, 0.6) is 0 Å². The molecule has 7 heteroatoms. The van der Waals surface area contributed by atoms with E-state index in [-0.39, 0.29) is 0 Å². The molecule has 0 radical (unpaired) electrons. The third-order valence-corrected chi connectivity index (χ3v) is 1.000. The summed E-state index contributed by atoms with van der Waals surface area (Å²) in [6, 6.07) is 0. The Labute approximate surface area is 107 Å². The Bertz CT molecular complexity index is 77.8. The second kappa shape index (κ2) is 14.9. The van der Waals surface area contributed by atoms with Gasteiger partial charge >= 0.3 is 33.3 Å². The molecule has 4 nitrogen and oxygen atoms in total. The monoisotopic (exact) mass is 305 g/mol. The standard InChI is InChI=1S/4C2H5N.2ClH.Cu/c4*1-2-3-1;;;/h4*3H,1-2H2;2*1H;/q;;;;;;+2/p-2. The molecule has 0 bridgehead atoms. The number of nitrogens with one attached hydrogen (secondary N) is 4. The molecule has 0 spiro atoms. The van der Waals surface area contributed by atoms with Gasteiger partial charge in [-0.05, 0) is 0 Å². The van der Waals surface area contributed by atoms with E-state index in [2.05, 4.69) is 41.5 Å². The summed E-state index contributed by atoms with van der Waals surface area (Å²) in [7, 11) is 9.34. The molecule has 0 aromatic heterocycles. The molecular weight excluding hydrogens is 287 g/mol. The first-order valence-corrected chi connectivity index (χ1v) is 7.65. The van der Waals surface area contributed by atoms with E-state index in [9.17, 15) is 0 Å². The van der Waals surface area contributed by atoms with Gasteiger partial charge in [-0.3, -0.25) is 0 Å². The molecule has 4 saturated heterocycles. The summed E-state index contributed by atoms with van der Waals surface area (Å²) in [5, 5.41) is 12.0. The molecule has 0 atom stereocenters. The third-order valence-electron chi connectivity index (χ3n) is 1.000. The van der Waals surface area contributed by atoms with Gasteiger partial charge in [-0.25, -0.2) is 0 Å². The van der Waals surface area contributed by atoms with Gasteiger partial charge in [0.1, 0.15) is 0 Å². The van der Waals surface area contributed by atoms with Crippen molar-refractivity contribution in [2.75, 3.05) is 52.4 Å². The SMILES string of the molecule is C1CN1.C1CN1.C1CN1.C1CN1.[Cl][Cu][Cl]. The fourth-order valence-electron chi connectivity index (χ4n) is 0. The quantitative estimate of drug-likeness (QED) is 0.367. The first kappa shape index (κ1) is 15.9. The Morgan fingerprint density at radius 3 is 0.600 bits per heavy atom. The summed E-state index contributed by atoms with van der Waals surface area (Å²) in [6.45, 7) is 10.0. The summed E-state index contributed by atoms with van der Waals surface area (Å²) in [6.07, 6.45) is 0. The number of rotatable bonds is 0. The van der Waals surface area contributed by atoms with E-state index >= 15 is 0 Å². The van der Waals surface area contributed by atoms with Crippen molar-refractivity contribution in [3.05, 3.63) is 0 Å². The molecule has 97 valence electrons. The Morgan fingerprint density at radius 1 is 0.533 bits per heavy atom. The Kier molecular flexibility index (Phi) is 15.9. The molecule has 0 aromatic carbocycles. The zero-order valence-electron chi connectivity index (χ0n) is 8.71. The van der Waals surface area contributed by atoms with Gasteiger partial charge < -0.3 is 21.3 Å². The predicted molar refractivity (Wildman–Crippen MR) is 63.2 cm³/mol. The Hall–Kier alpha value is 0.939. The summed E-state index contributed by atoms with van der Waals surface area (Å²) >= 11 is 0.757. The molecule has 4 aliphatic heterocycles. The molecule has 15 heavy (non-hydrogen) atoms.